The molecule has 0 bridgehead atoms. The van der Waals surface area contributed by atoms with Crippen LogP contribution in [0.2, 0.25) is 0 Å². The Morgan fingerprint density at radius 3 is 2.80 bits per heavy atom. The highest BCUT2D eigenvalue weighted by atomic mass is 79.9. The van der Waals surface area contributed by atoms with E-state index in [1.165, 1.54) is 5.56 Å². The van der Waals surface area contributed by atoms with Gasteiger partial charge >= 0.3 is 0 Å². The summed E-state index contributed by atoms with van der Waals surface area (Å²) in [6, 6.07) is 6.62. The fourth-order valence-corrected chi connectivity index (χ4v) is 2.42. The van der Waals surface area contributed by atoms with Crippen LogP contribution in [0.4, 0.5) is 0 Å². The SMILES string of the molecule is C=CCCC(NC)c1cc(Br)ccc1Br. The van der Waals surface area contributed by atoms with E-state index in [9.17, 15) is 0 Å². The lowest BCUT2D eigenvalue weighted by atomic mass is 10.0. The van der Waals surface area contributed by atoms with Crippen molar-refractivity contribution in [2.75, 3.05) is 7.05 Å². The summed E-state index contributed by atoms with van der Waals surface area (Å²) in [6.07, 6.45) is 4.04. The van der Waals surface area contributed by atoms with Crippen molar-refractivity contribution < 1.29 is 0 Å². The Labute approximate surface area is 108 Å². The van der Waals surface area contributed by atoms with Crippen molar-refractivity contribution in [1.82, 2.24) is 5.32 Å². The molecule has 1 rings (SSSR count). The minimum absolute atomic E-state index is 0.370. The standard InChI is InChI=1S/C12H15Br2N/c1-3-4-5-12(15-2)10-8-9(13)6-7-11(10)14/h3,6-8,12,15H,1,4-5H2,2H3. The van der Waals surface area contributed by atoms with Crippen molar-refractivity contribution in [3.8, 4) is 0 Å². The van der Waals surface area contributed by atoms with E-state index >= 15 is 0 Å². The zero-order chi connectivity index (χ0) is 11.3. The molecule has 0 fully saturated rings. The van der Waals surface area contributed by atoms with E-state index in [1.807, 2.05) is 19.2 Å². The number of rotatable bonds is 5. The number of halogens is 2. The molecular weight excluding hydrogens is 318 g/mol. The van der Waals surface area contributed by atoms with Crippen molar-refractivity contribution >= 4 is 31.9 Å². The number of allylic oxidation sites excluding steroid dienone is 1. The lowest BCUT2D eigenvalue weighted by Crippen LogP contribution is -2.16. The first-order chi connectivity index (χ1) is 7.19. The molecule has 15 heavy (non-hydrogen) atoms. The molecule has 82 valence electrons. The van der Waals surface area contributed by atoms with E-state index in [-0.39, 0.29) is 0 Å². The summed E-state index contributed by atoms with van der Waals surface area (Å²) in [5.74, 6) is 0. The average Bonchev–Trinajstić information content (AvgIpc) is 2.24. The van der Waals surface area contributed by atoms with Gasteiger partial charge in [0.15, 0.2) is 0 Å². The number of hydrogen-bond donors (Lipinski definition) is 1. The lowest BCUT2D eigenvalue weighted by molar-refractivity contribution is 0.552. The number of benzene rings is 1. The minimum Gasteiger partial charge on any atom is -0.313 e. The highest BCUT2D eigenvalue weighted by Crippen LogP contribution is 2.29. The molecule has 0 aliphatic rings. The van der Waals surface area contributed by atoms with Gasteiger partial charge in [0.1, 0.15) is 0 Å². The van der Waals surface area contributed by atoms with Gasteiger partial charge in [0, 0.05) is 15.0 Å². The molecule has 0 spiro atoms. The molecule has 1 aromatic carbocycles. The maximum Gasteiger partial charge on any atom is 0.0332 e. The highest BCUT2D eigenvalue weighted by molar-refractivity contribution is 9.11. The topological polar surface area (TPSA) is 12.0 Å². The molecule has 0 radical (unpaired) electrons. The maximum atomic E-state index is 3.75. The van der Waals surface area contributed by atoms with Crippen molar-refractivity contribution in [2.45, 2.75) is 18.9 Å². The summed E-state index contributed by atoms with van der Waals surface area (Å²) < 4.78 is 2.26. The summed E-state index contributed by atoms with van der Waals surface area (Å²) in [4.78, 5) is 0. The maximum absolute atomic E-state index is 3.75. The van der Waals surface area contributed by atoms with E-state index < -0.39 is 0 Å². The Kier molecular flexibility index (Phi) is 5.58. The largest absolute Gasteiger partial charge is 0.313 e. The van der Waals surface area contributed by atoms with Gasteiger partial charge in [-0.3, -0.25) is 0 Å². The molecule has 1 unspecified atom stereocenters. The van der Waals surface area contributed by atoms with Crippen LogP contribution >= 0.6 is 31.9 Å². The Balaban J connectivity index is 2.89. The molecule has 0 aromatic heterocycles. The summed E-state index contributed by atoms with van der Waals surface area (Å²) in [6.45, 7) is 3.75. The molecule has 1 atom stereocenters. The van der Waals surface area contributed by atoms with Crippen LogP contribution in [0, 0.1) is 0 Å². The molecule has 0 saturated heterocycles. The number of nitrogens with one attached hydrogen (secondary N) is 1. The summed E-state index contributed by atoms with van der Waals surface area (Å²) >= 11 is 7.07. The first kappa shape index (κ1) is 12.9. The predicted molar refractivity (Wildman–Crippen MR) is 73.1 cm³/mol. The van der Waals surface area contributed by atoms with Gasteiger partial charge in [-0.15, -0.1) is 6.58 Å². The molecule has 0 aliphatic carbocycles. The van der Waals surface area contributed by atoms with Crippen molar-refractivity contribution in [3.05, 3.63) is 45.4 Å². The van der Waals surface area contributed by atoms with Crippen LogP contribution in [0.5, 0.6) is 0 Å². The van der Waals surface area contributed by atoms with Crippen LogP contribution < -0.4 is 5.32 Å². The van der Waals surface area contributed by atoms with E-state index in [2.05, 4.69) is 55.9 Å². The van der Waals surface area contributed by atoms with Crippen LogP contribution in [0.1, 0.15) is 24.4 Å². The second-order valence-electron chi connectivity index (χ2n) is 3.37. The van der Waals surface area contributed by atoms with Gasteiger partial charge in [-0.25, -0.2) is 0 Å². The van der Waals surface area contributed by atoms with Crippen molar-refractivity contribution in [3.63, 3.8) is 0 Å². The van der Waals surface area contributed by atoms with Gasteiger partial charge in [-0.05, 0) is 43.7 Å². The zero-order valence-electron chi connectivity index (χ0n) is 8.76. The first-order valence-corrected chi connectivity index (χ1v) is 6.50. The molecule has 0 aliphatic heterocycles. The van der Waals surface area contributed by atoms with E-state index in [0.29, 0.717) is 6.04 Å². The molecule has 1 aromatic rings. The zero-order valence-corrected chi connectivity index (χ0v) is 11.9. The van der Waals surface area contributed by atoms with Crippen LogP contribution in [0.3, 0.4) is 0 Å². The van der Waals surface area contributed by atoms with Crippen molar-refractivity contribution in [2.24, 2.45) is 0 Å². The summed E-state index contributed by atoms with van der Waals surface area (Å²) in [5, 5.41) is 3.32. The smallest absolute Gasteiger partial charge is 0.0332 e. The van der Waals surface area contributed by atoms with Crippen LogP contribution in [-0.4, -0.2) is 7.05 Å². The third kappa shape index (κ3) is 3.74. The van der Waals surface area contributed by atoms with E-state index in [4.69, 9.17) is 0 Å². The van der Waals surface area contributed by atoms with E-state index in [0.717, 1.165) is 21.8 Å². The summed E-state index contributed by atoms with van der Waals surface area (Å²) in [5.41, 5.74) is 1.29. The molecule has 0 heterocycles. The third-order valence-electron chi connectivity index (χ3n) is 2.34. The van der Waals surface area contributed by atoms with Crippen LogP contribution in [0.25, 0.3) is 0 Å². The Bertz CT molecular complexity index is 336. The third-order valence-corrected chi connectivity index (χ3v) is 3.56. The predicted octanol–water partition coefficient (Wildman–Crippen LogP) is 4.44. The Morgan fingerprint density at radius 2 is 2.20 bits per heavy atom. The van der Waals surface area contributed by atoms with E-state index in [1.54, 1.807) is 0 Å². The number of hydrogen-bond acceptors (Lipinski definition) is 1. The quantitative estimate of drug-likeness (QED) is 0.786. The van der Waals surface area contributed by atoms with Crippen molar-refractivity contribution in [1.29, 1.82) is 0 Å². The van der Waals surface area contributed by atoms with Gasteiger partial charge in [0.2, 0.25) is 0 Å². The second kappa shape index (κ2) is 6.46. The molecule has 0 amide bonds. The fraction of sp³-hybridized carbons (Fsp3) is 0.333. The van der Waals surface area contributed by atoms with Gasteiger partial charge in [-0.1, -0.05) is 37.9 Å². The lowest BCUT2D eigenvalue weighted by Gasteiger charge is -2.17. The van der Waals surface area contributed by atoms with Crippen LogP contribution in [0.15, 0.2) is 39.8 Å². The second-order valence-corrected chi connectivity index (χ2v) is 5.14. The molecular formula is C12H15Br2N. The molecule has 1 nitrogen and oxygen atoms in total. The highest BCUT2D eigenvalue weighted by Gasteiger charge is 2.11. The van der Waals surface area contributed by atoms with Gasteiger partial charge in [-0.2, -0.15) is 0 Å². The van der Waals surface area contributed by atoms with Gasteiger partial charge < -0.3 is 5.32 Å². The molecule has 1 N–H and O–H groups in total. The molecule has 3 heteroatoms. The Hall–Kier alpha value is -0.120. The van der Waals surface area contributed by atoms with Gasteiger partial charge in [0.25, 0.3) is 0 Å². The average molecular weight is 333 g/mol. The molecule has 0 saturated carbocycles. The normalized spacial score (nSPS) is 12.5. The van der Waals surface area contributed by atoms with Gasteiger partial charge in [0.05, 0.1) is 0 Å². The monoisotopic (exact) mass is 331 g/mol. The summed E-state index contributed by atoms with van der Waals surface area (Å²) in [7, 11) is 1.99. The van der Waals surface area contributed by atoms with Crippen LogP contribution in [-0.2, 0) is 0 Å². The Morgan fingerprint density at radius 1 is 1.47 bits per heavy atom. The fourth-order valence-electron chi connectivity index (χ4n) is 1.52. The minimum atomic E-state index is 0.370. The first-order valence-electron chi connectivity index (χ1n) is 4.92.